The minimum Gasteiger partial charge on any atom is -0.497 e. The van der Waals surface area contributed by atoms with Gasteiger partial charge in [-0.25, -0.2) is 0 Å². The molecule has 118 valence electrons. The third-order valence-electron chi connectivity index (χ3n) is 3.89. The maximum Gasteiger partial charge on any atom is 0.119 e. The largest absolute Gasteiger partial charge is 0.497 e. The Labute approximate surface area is 133 Å². The molecule has 0 amide bonds. The summed E-state index contributed by atoms with van der Waals surface area (Å²) in [6, 6.07) is 14.4. The van der Waals surface area contributed by atoms with Gasteiger partial charge >= 0.3 is 0 Å². The van der Waals surface area contributed by atoms with Gasteiger partial charge < -0.3 is 15.2 Å². The quantitative estimate of drug-likeness (QED) is 0.848. The number of aryl methyl sites for hydroxylation is 1. The summed E-state index contributed by atoms with van der Waals surface area (Å²) in [7, 11) is 1.69. The van der Waals surface area contributed by atoms with Gasteiger partial charge in [0.05, 0.1) is 13.7 Å². The first-order valence-electron chi connectivity index (χ1n) is 7.74. The van der Waals surface area contributed by atoms with Crippen molar-refractivity contribution in [2.75, 3.05) is 20.3 Å². The molecule has 0 fully saturated rings. The van der Waals surface area contributed by atoms with Gasteiger partial charge in [0.15, 0.2) is 0 Å². The molecule has 0 saturated carbocycles. The zero-order chi connectivity index (χ0) is 15.9. The molecule has 0 heterocycles. The van der Waals surface area contributed by atoms with Crippen molar-refractivity contribution in [3.8, 4) is 11.5 Å². The number of methoxy groups -OCH3 is 1. The Hall–Kier alpha value is -2.00. The van der Waals surface area contributed by atoms with Gasteiger partial charge in [-0.2, -0.15) is 0 Å². The summed E-state index contributed by atoms with van der Waals surface area (Å²) >= 11 is 0. The first-order valence-corrected chi connectivity index (χ1v) is 7.74. The van der Waals surface area contributed by atoms with Crippen LogP contribution in [0.15, 0.2) is 42.5 Å². The molecule has 0 radical (unpaired) electrons. The van der Waals surface area contributed by atoms with Gasteiger partial charge in [0.25, 0.3) is 0 Å². The molecule has 0 aliphatic heterocycles. The molecule has 3 nitrogen and oxygen atoms in total. The Bertz CT molecular complexity index is 610. The number of hydrogen-bond donors (Lipinski definition) is 1. The fourth-order valence-electron chi connectivity index (χ4n) is 2.77. The summed E-state index contributed by atoms with van der Waals surface area (Å²) in [6.07, 6.45) is 0.905. The van der Waals surface area contributed by atoms with Crippen molar-refractivity contribution in [1.29, 1.82) is 0 Å². The summed E-state index contributed by atoms with van der Waals surface area (Å²) in [5.41, 5.74) is 9.78. The first kappa shape index (κ1) is 16.4. The Morgan fingerprint density at radius 2 is 1.91 bits per heavy atom. The molecule has 2 rings (SSSR count). The van der Waals surface area contributed by atoms with E-state index in [-0.39, 0.29) is 0 Å². The number of nitrogens with two attached hydrogens (primary N) is 1. The smallest absolute Gasteiger partial charge is 0.119 e. The van der Waals surface area contributed by atoms with Crippen molar-refractivity contribution in [2.24, 2.45) is 5.73 Å². The van der Waals surface area contributed by atoms with Crippen LogP contribution in [0.2, 0.25) is 0 Å². The molecule has 1 unspecified atom stereocenters. The molecule has 0 spiro atoms. The summed E-state index contributed by atoms with van der Waals surface area (Å²) in [5.74, 6) is 2.10. The van der Waals surface area contributed by atoms with Crippen LogP contribution in [0, 0.1) is 6.92 Å². The van der Waals surface area contributed by atoms with Crippen molar-refractivity contribution in [1.82, 2.24) is 0 Å². The van der Waals surface area contributed by atoms with Crippen molar-refractivity contribution in [2.45, 2.75) is 26.2 Å². The number of ether oxygens (including phenoxy) is 2. The van der Waals surface area contributed by atoms with Gasteiger partial charge in [0.2, 0.25) is 0 Å². The Morgan fingerprint density at radius 3 is 2.55 bits per heavy atom. The average Bonchev–Trinajstić information content (AvgIpc) is 2.54. The maximum atomic E-state index is 6.03. The van der Waals surface area contributed by atoms with Crippen molar-refractivity contribution >= 4 is 0 Å². The molecule has 0 aromatic heterocycles. The predicted octanol–water partition coefficient (Wildman–Crippen LogP) is 3.69. The van der Waals surface area contributed by atoms with E-state index >= 15 is 0 Å². The minimum absolute atomic E-state index is 0.294. The molecule has 0 aliphatic carbocycles. The highest BCUT2D eigenvalue weighted by Gasteiger charge is 2.14. The zero-order valence-corrected chi connectivity index (χ0v) is 13.6. The van der Waals surface area contributed by atoms with E-state index in [9.17, 15) is 0 Å². The van der Waals surface area contributed by atoms with Crippen molar-refractivity contribution < 1.29 is 9.47 Å². The van der Waals surface area contributed by atoms with E-state index in [0.29, 0.717) is 19.1 Å². The monoisotopic (exact) mass is 299 g/mol. The van der Waals surface area contributed by atoms with Crippen LogP contribution in [-0.4, -0.2) is 20.3 Å². The van der Waals surface area contributed by atoms with E-state index in [0.717, 1.165) is 17.9 Å². The van der Waals surface area contributed by atoms with Gasteiger partial charge in [0, 0.05) is 5.92 Å². The van der Waals surface area contributed by atoms with Crippen LogP contribution >= 0.6 is 0 Å². The Kier molecular flexibility index (Phi) is 5.84. The van der Waals surface area contributed by atoms with Gasteiger partial charge in [0.1, 0.15) is 11.5 Å². The standard InChI is InChI=1S/C19H25NO2/c1-4-22-18-8-9-19(14(2)10-18)16(13-20)11-15-6-5-7-17(12-15)21-3/h5-10,12,16H,4,11,13,20H2,1-3H3. The topological polar surface area (TPSA) is 44.5 Å². The molecule has 2 N–H and O–H groups in total. The molecule has 2 aromatic carbocycles. The summed E-state index contributed by atoms with van der Waals surface area (Å²) in [5, 5.41) is 0. The van der Waals surface area contributed by atoms with Gasteiger partial charge in [-0.3, -0.25) is 0 Å². The lowest BCUT2D eigenvalue weighted by molar-refractivity contribution is 0.340. The van der Waals surface area contributed by atoms with Crippen LogP contribution in [0.5, 0.6) is 11.5 Å². The Balaban J connectivity index is 2.20. The van der Waals surface area contributed by atoms with Crippen LogP contribution < -0.4 is 15.2 Å². The molecule has 1 atom stereocenters. The SMILES string of the molecule is CCOc1ccc(C(CN)Cc2cccc(OC)c2)c(C)c1. The summed E-state index contributed by atoms with van der Waals surface area (Å²) in [6.45, 7) is 5.41. The molecule has 3 heteroatoms. The lowest BCUT2D eigenvalue weighted by Gasteiger charge is -2.19. The van der Waals surface area contributed by atoms with E-state index in [1.165, 1.54) is 16.7 Å². The van der Waals surface area contributed by atoms with E-state index in [1.54, 1.807) is 7.11 Å². The van der Waals surface area contributed by atoms with E-state index in [2.05, 4.69) is 31.2 Å². The van der Waals surface area contributed by atoms with Crippen molar-refractivity contribution in [3.63, 3.8) is 0 Å². The molecule has 0 bridgehead atoms. The lowest BCUT2D eigenvalue weighted by Crippen LogP contribution is -2.16. The fraction of sp³-hybridized carbons (Fsp3) is 0.368. The van der Waals surface area contributed by atoms with Crippen LogP contribution in [0.4, 0.5) is 0 Å². The molecule has 0 saturated heterocycles. The molecule has 2 aromatic rings. The fourth-order valence-corrected chi connectivity index (χ4v) is 2.77. The van der Waals surface area contributed by atoms with Crippen LogP contribution in [0.3, 0.4) is 0 Å². The normalized spacial score (nSPS) is 12.0. The van der Waals surface area contributed by atoms with Gasteiger partial charge in [-0.05, 0) is 67.8 Å². The lowest BCUT2D eigenvalue weighted by atomic mass is 9.89. The van der Waals surface area contributed by atoms with Gasteiger partial charge in [-0.1, -0.05) is 18.2 Å². The molecule has 22 heavy (non-hydrogen) atoms. The minimum atomic E-state index is 0.294. The second-order valence-corrected chi connectivity index (χ2v) is 5.44. The van der Waals surface area contributed by atoms with E-state index < -0.39 is 0 Å². The highest BCUT2D eigenvalue weighted by Crippen LogP contribution is 2.27. The number of hydrogen-bond acceptors (Lipinski definition) is 3. The van der Waals surface area contributed by atoms with Crippen LogP contribution in [-0.2, 0) is 6.42 Å². The average molecular weight is 299 g/mol. The predicted molar refractivity (Wildman–Crippen MR) is 90.8 cm³/mol. The maximum absolute atomic E-state index is 6.03. The highest BCUT2D eigenvalue weighted by atomic mass is 16.5. The second-order valence-electron chi connectivity index (χ2n) is 5.44. The van der Waals surface area contributed by atoms with Crippen LogP contribution in [0.1, 0.15) is 29.5 Å². The second kappa shape index (κ2) is 7.85. The molecule has 0 aliphatic rings. The summed E-state index contributed by atoms with van der Waals surface area (Å²) < 4.78 is 10.9. The third kappa shape index (κ3) is 4.01. The number of benzene rings is 2. The summed E-state index contributed by atoms with van der Waals surface area (Å²) in [4.78, 5) is 0. The molecular formula is C19H25NO2. The van der Waals surface area contributed by atoms with E-state index in [1.807, 2.05) is 25.1 Å². The van der Waals surface area contributed by atoms with Crippen molar-refractivity contribution in [3.05, 3.63) is 59.2 Å². The van der Waals surface area contributed by atoms with Crippen LogP contribution in [0.25, 0.3) is 0 Å². The Morgan fingerprint density at radius 1 is 1.09 bits per heavy atom. The van der Waals surface area contributed by atoms with E-state index in [4.69, 9.17) is 15.2 Å². The number of rotatable bonds is 7. The molecular weight excluding hydrogens is 274 g/mol. The zero-order valence-electron chi connectivity index (χ0n) is 13.6. The first-order chi connectivity index (χ1) is 10.7. The van der Waals surface area contributed by atoms with Gasteiger partial charge in [-0.15, -0.1) is 0 Å². The highest BCUT2D eigenvalue weighted by molar-refractivity contribution is 5.38. The third-order valence-corrected chi connectivity index (χ3v) is 3.89.